The maximum atomic E-state index is 13.1. The lowest BCUT2D eigenvalue weighted by Gasteiger charge is -2.31. The largest absolute Gasteiger partial charge is 0.326 e. The molecule has 1 saturated heterocycles. The fourth-order valence-electron chi connectivity index (χ4n) is 4.05. The van der Waals surface area contributed by atoms with Crippen molar-refractivity contribution in [2.75, 3.05) is 23.1 Å². The van der Waals surface area contributed by atoms with Gasteiger partial charge in [0, 0.05) is 40.1 Å². The van der Waals surface area contributed by atoms with E-state index in [2.05, 4.69) is 10.0 Å². The first-order chi connectivity index (χ1) is 17.9. The Hall–Kier alpha value is -2.70. The number of nitrogens with zero attached hydrogens (tertiary/aromatic N) is 1. The SMILES string of the molecule is O=C(Nc1ccc(S(=O)(=O)Nc2ccc(F)cc2)cc1)[C@@H]1CCCN(S(=O)(=O)Cc2c(Cl)cccc2Cl)C1. The van der Waals surface area contributed by atoms with Crippen LogP contribution in [0.15, 0.2) is 71.6 Å². The van der Waals surface area contributed by atoms with Gasteiger partial charge in [0.25, 0.3) is 10.0 Å². The molecule has 0 aromatic heterocycles. The maximum Gasteiger partial charge on any atom is 0.261 e. The molecular weight excluding hydrogens is 576 g/mol. The summed E-state index contributed by atoms with van der Waals surface area (Å²) in [5.74, 6) is -1.83. The normalized spacial score (nSPS) is 16.7. The Morgan fingerprint density at radius 1 is 0.921 bits per heavy atom. The van der Waals surface area contributed by atoms with Crippen LogP contribution in [0.1, 0.15) is 18.4 Å². The molecule has 0 bridgehead atoms. The topological polar surface area (TPSA) is 113 Å². The van der Waals surface area contributed by atoms with Crippen molar-refractivity contribution in [1.82, 2.24) is 4.31 Å². The summed E-state index contributed by atoms with van der Waals surface area (Å²) in [6.07, 6.45) is 0.999. The number of amides is 1. The molecule has 0 unspecified atom stereocenters. The van der Waals surface area contributed by atoms with Gasteiger partial charge in [-0.2, -0.15) is 0 Å². The predicted molar refractivity (Wildman–Crippen MR) is 146 cm³/mol. The minimum Gasteiger partial charge on any atom is -0.326 e. The van der Waals surface area contributed by atoms with Gasteiger partial charge < -0.3 is 5.32 Å². The van der Waals surface area contributed by atoms with Gasteiger partial charge in [0.15, 0.2) is 0 Å². The number of carbonyl (C=O) groups excluding carboxylic acids is 1. The van der Waals surface area contributed by atoms with E-state index in [0.717, 1.165) is 12.1 Å². The van der Waals surface area contributed by atoms with Gasteiger partial charge in [-0.1, -0.05) is 29.3 Å². The lowest BCUT2D eigenvalue weighted by molar-refractivity contribution is -0.120. The number of sulfonamides is 2. The van der Waals surface area contributed by atoms with E-state index in [4.69, 9.17) is 23.2 Å². The van der Waals surface area contributed by atoms with Gasteiger partial charge in [0.2, 0.25) is 15.9 Å². The Morgan fingerprint density at radius 3 is 2.16 bits per heavy atom. The van der Waals surface area contributed by atoms with E-state index in [-0.39, 0.29) is 45.4 Å². The molecule has 1 atom stereocenters. The number of piperidine rings is 1. The predicted octanol–water partition coefficient (Wildman–Crippen LogP) is 5.11. The molecule has 8 nitrogen and oxygen atoms in total. The van der Waals surface area contributed by atoms with Crippen LogP contribution in [0.4, 0.5) is 15.8 Å². The van der Waals surface area contributed by atoms with Crippen molar-refractivity contribution in [2.45, 2.75) is 23.5 Å². The molecule has 3 aromatic carbocycles. The molecule has 1 aliphatic rings. The molecule has 1 aliphatic heterocycles. The summed E-state index contributed by atoms with van der Waals surface area (Å²) < 4.78 is 68.0. The van der Waals surface area contributed by atoms with Crippen LogP contribution < -0.4 is 10.0 Å². The molecule has 2 N–H and O–H groups in total. The second-order valence-corrected chi connectivity index (χ2v) is 13.2. The van der Waals surface area contributed by atoms with Crippen LogP contribution in [0.25, 0.3) is 0 Å². The second kappa shape index (κ2) is 11.6. The molecule has 1 fully saturated rings. The van der Waals surface area contributed by atoms with Crippen molar-refractivity contribution < 1.29 is 26.0 Å². The number of benzene rings is 3. The second-order valence-electron chi connectivity index (χ2n) is 8.78. The number of halogens is 3. The highest BCUT2D eigenvalue weighted by Gasteiger charge is 2.33. The van der Waals surface area contributed by atoms with Crippen LogP contribution in [0.2, 0.25) is 10.0 Å². The van der Waals surface area contributed by atoms with E-state index < -0.39 is 31.8 Å². The fourth-order valence-corrected chi connectivity index (χ4v) is 7.47. The Kier molecular flexibility index (Phi) is 8.63. The summed E-state index contributed by atoms with van der Waals surface area (Å²) in [6, 6.07) is 15.2. The fraction of sp³-hybridized carbons (Fsp3) is 0.240. The minimum atomic E-state index is -3.92. The summed E-state index contributed by atoms with van der Waals surface area (Å²) in [5.41, 5.74) is 0.877. The van der Waals surface area contributed by atoms with E-state index in [9.17, 15) is 26.0 Å². The van der Waals surface area contributed by atoms with Gasteiger partial charge in [-0.15, -0.1) is 0 Å². The third kappa shape index (κ3) is 6.83. The standard InChI is InChI=1S/C25H24Cl2FN3O5S2/c26-23-4-1-5-24(27)22(23)16-37(33,34)31-14-2-3-17(15-31)25(32)29-19-10-12-21(13-11-19)38(35,36)30-20-8-6-18(28)7-9-20/h1,4-13,17,30H,2-3,14-16H2,(H,29,32)/t17-/m1/s1. The van der Waals surface area contributed by atoms with Crippen LogP contribution in [-0.2, 0) is 30.6 Å². The van der Waals surface area contributed by atoms with Crippen LogP contribution in [0.5, 0.6) is 0 Å². The van der Waals surface area contributed by atoms with Crippen LogP contribution >= 0.6 is 23.2 Å². The molecule has 0 aliphatic carbocycles. The number of carbonyl (C=O) groups is 1. The zero-order chi connectivity index (χ0) is 27.5. The van der Waals surface area contributed by atoms with Gasteiger partial charge >= 0.3 is 0 Å². The Balaban J connectivity index is 1.39. The highest BCUT2D eigenvalue weighted by Crippen LogP contribution is 2.29. The molecule has 0 saturated carbocycles. The summed E-state index contributed by atoms with van der Waals surface area (Å²) in [4.78, 5) is 12.9. The Morgan fingerprint density at radius 2 is 1.53 bits per heavy atom. The average Bonchev–Trinajstić information content (AvgIpc) is 2.88. The lowest BCUT2D eigenvalue weighted by Crippen LogP contribution is -2.44. The van der Waals surface area contributed by atoms with E-state index in [0.29, 0.717) is 24.1 Å². The third-order valence-electron chi connectivity index (χ3n) is 6.07. The molecule has 4 rings (SSSR count). The van der Waals surface area contributed by atoms with Crippen molar-refractivity contribution in [3.05, 3.63) is 88.2 Å². The van der Waals surface area contributed by atoms with Gasteiger partial charge in [0.05, 0.1) is 16.6 Å². The van der Waals surface area contributed by atoms with Crippen LogP contribution in [0.3, 0.4) is 0 Å². The first kappa shape index (κ1) is 28.3. The number of hydrogen-bond acceptors (Lipinski definition) is 5. The molecule has 38 heavy (non-hydrogen) atoms. The van der Waals surface area contributed by atoms with Crippen molar-refractivity contribution in [3.8, 4) is 0 Å². The zero-order valence-corrected chi connectivity index (χ0v) is 23.0. The number of hydrogen-bond donors (Lipinski definition) is 2. The monoisotopic (exact) mass is 599 g/mol. The number of nitrogens with one attached hydrogen (secondary N) is 2. The van der Waals surface area contributed by atoms with Crippen LogP contribution in [-0.4, -0.2) is 40.1 Å². The minimum absolute atomic E-state index is 0.00426. The van der Waals surface area contributed by atoms with Gasteiger partial charge in [-0.05, 0) is 73.5 Å². The van der Waals surface area contributed by atoms with E-state index >= 15 is 0 Å². The van der Waals surface area contributed by atoms with Gasteiger partial charge in [0.1, 0.15) is 5.82 Å². The quantitative estimate of drug-likeness (QED) is 0.373. The molecule has 3 aromatic rings. The van der Waals surface area contributed by atoms with E-state index in [1.165, 1.54) is 40.7 Å². The summed E-state index contributed by atoms with van der Waals surface area (Å²) >= 11 is 12.3. The van der Waals surface area contributed by atoms with Gasteiger partial charge in [-0.3, -0.25) is 9.52 Å². The Labute approximate surface area is 230 Å². The van der Waals surface area contributed by atoms with Crippen molar-refractivity contribution in [3.63, 3.8) is 0 Å². The first-order valence-electron chi connectivity index (χ1n) is 11.5. The molecule has 13 heteroatoms. The molecule has 1 amide bonds. The third-order valence-corrected chi connectivity index (χ3v) is 9.94. The Bertz CT molecular complexity index is 1510. The van der Waals surface area contributed by atoms with Crippen molar-refractivity contribution >= 4 is 60.5 Å². The molecular formula is C25H24Cl2FN3O5S2. The van der Waals surface area contributed by atoms with Gasteiger partial charge in [-0.25, -0.2) is 25.5 Å². The van der Waals surface area contributed by atoms with Crippen molar-refractivity contribution in [1.29, 1.82) is 0 Å². The highest BCUT2D eigenvalue weighted by atomic mass is 35.5. The van der Waals surface area contributed by atoms with Crippen molar-refractivity contribution in [2.24, 2.45) is 5.92 Å². The van der Waals surface area contributed by atoms with E-state index in [1.807, 2.05) is 0 Å². The van der Waals surface area contributed by atoms with E-state index in [1.54, 1.807) is 18.2 Å². The molecule has 0 spiro atoms. The smallest absolute Gasteiger partial charge is 0.261 e. The molecule has 202 valence electrons. The zero-order valence-electron chi connectivity index (χ0n) is 19.9. The molecule has 1 heterocycles. The summed E-state index contributed by atoms with van der Waals surface area (Å²) in [6.45, 7) is 0.284. The molecule has 0 radical (unpaired) electrons. The number of anilines is 2. The lowest BCUT2D eigenvalue weighted by atomic mass is 9.99. The highest BCUT2D eigenvalue weighted by molar-refractivity contribution is 7.92. The first-order valence-corrected chi connectivity index (χ1v) is 15.4. The summed E-state index contributed by atoms with van der Waals surface area (Å²) in [7, 11) is -7.71. The maximum absolute atomic E-state index is 13.1. The summed E-state index contributed by atoms with van der Waals surface area (Å²) in [5, 5.41) is 3.24. The van der Waals surface area contributed by atoms with Crippen LogP contribution in [0, 0.1) is 11.7 Å². The number of rotatable bonds is 8. The average molecular weight is 601 g/mol.